The molecule has 12 aliphatic carbocycles. The fraction of sp³-hybridized carbons (Fsp3) is 0.543. The molecule has 8 heteroatoms. The van der Waals surface area contributed by atoms with Gasteiger partial charge in [0.25, 0.3) is 0 Å². The molecule has 0 amide bonds. The number of nitrogens with one attached hydrogen (secondary N) is 3. The van der Waals surface area contributed by atoms with Gasteiger partial charge in [0.15, 0.2) is 11.6 Å². The van der Waals surface area contributed by atoms with Crippen LogP contribution in [-0.4, -0.2) is 28.2 Å². The van der Waals surface area contributed by atoms with Crippen molar-refractivity contribution in [3.05, 3.63) is 152 Å². The van der Waals surface area contributed by atoms with Gasteiger partial charge < -0.3 is 20.4 Å². The van der Waals surface area contributed by atoms with Crippen LogP contribution in [0.4, 0.5) is 0 Å². The quantitative estimate of drug-likeness (QED) is 0.0889. The molecule has 18 rings (SSSR count). The van der Waals surface area contributed by atoms with Crippen molar-refractivity contribution in [2.24, 2.45) is 53.3 Å². The van der Waals surface area contributed by atoms with Crippen LogP contribution in [0.1, 0.15) is 186 Å². The molecule has 0 radical (unpaired) electrons. The van der Waals surface area contributed by atoms with E-state index in [1.807, 2.05) is 35.2 Å². The summed E-state index contributed by atoms with van der Waals surface area (Å²) in [5.74, 6) is 9.32. The maximum Gasteiger partial charge on any atom is 0.177 e. The lowest BCUT2D eigenvalue weighted by atomic mass is 9.53. The molecule has 12 aliphatic rings. The van der Waals surface area contributed by atoms with E-state index < -0.39 is 0 Å². The third-order valence-corrected chi connectivity index (χ3v) is 22.3. The molecule has 3 N–H and O–H groups in total. The molecular weight excluding hydrogens is 995 g/mol. The number of rotatable bonds is 15. The van der Waals surface area contributed by atoms with E-state index in [9.17, 15) is 9.59 Å². The standard InChI is InChI=1S/2C23H27NOS.C21H25NO.3CH4/c1-15(25)22-21(6-7-26-22)20-4-2-16(3-5-20)14-24-23-11-17-8-18(12-23)10-19(9-17)13-23;25-21(22-2-1-7-26-22)11-16-3-5-17(6-4-16)15-24-23-12-18-8-19(13-23)10-20(9-18)14-23;1-3-19(20-5-6-23-14-20)4-2-15(1)13-22-21-10-16-7-17(11-21)9-18(8-16)12-21;;;/h2-7,17-19,24H,8-14H2,1H3;1-7,18-20,24H,8-15H2;1-6,14,16-18,22H,7-13H2;3*1H4. The van der Waals surface area contributed by atoms with E-state index in [2.05, 4.69) is 94.8 Å². The minimum atomic E-state index is 0. The molecule has 12 fully saturated rings. The number of carbonyl (C=O) groups excluding carboxylic acids is 2. The van der Waals surface area contributed by atoms with Crippen molar-refractivity contribution in [2.45, 2.75) is 187 Å². The summed E-state index contributed by atoms with van der Waals surface area (Å²) in [7, 11) is 0. The molecule has 6 aromatic rings. The van der Waals surface area contributed by atoms with Crippen molar-refractivity contribution in [1.82, 2.24) is 16.0 Å². The Morgan fingerprint density at radius 3 is 1.21 bits per heavy atom. The normalized spacial score (nSPS) is 31.7. The fourth-order valence-corrected chi connectivity index (χ4v) is 19.7. The van der Waals surface area contributed by atoms with Crippen LogP contribution < -0.4 is 16.0 Å². The Balaban J connectivity index is 0.000000130. The van der Waals surface area contributed by atoms with Crippen LogP contribution >= 0.6 is 22.7 Å². The Labute approximate surface area is 476 Å². The SMILES string of the molecule is C.C.C.CC(=O)c1sccc1-c1ccc(CNC23CC4CC(CC(C4)C2)C3)cc1.O=C(Cc1ccc(CNC23CC4CC(CC(C4)C2)C3)cc1)c1cccs1.c1cc(-c2ccc(CNC34CC5CC(CC(C5)C3)C4)cc2)co1. The van der Waals surface area contributed by atoms with E-state index in [-0.39, 0.29) is 33.8 Å². The average molecular weight is 1090 g/mol. The summed E-state index contributed by atoms with van der Waals surface area (Å²) in [5, 5.41) is 15.9. The molecule has 3 aromatic heterocycles. The molecule has 3 heterocycles. The Bertz CT molecular complexity index is 2790. The minimum Gasteiger partial charge on any atom is -0.472 e. The number of Topliss-reactive ketones (excluding diaryl/α,β-unsaturated/α-hetero) is 2. The monoisotopic (exact) mass is 1090 g/mol. The molecule has 0 atom stereocenters. The van der Waals surface area contributed by atoms with Crippen molar-refractivity contribution in [3.63, 3.8) is 0 Å². The van der Waals surface area contributed by atoms with Crippen LogP contribution in [0.25, 0.3) is 22.3 Å². The fourth-order valence-electron chi connectivity index (χ4n) is 18.2. The van der Waals surface area contributed by atoms with Crippen molar-refractivity contribution < 1.29 is 14.0 Å². The Hall–Kier alpha value is -4.44. The van der Waals surface area contributed by atoms with Crippen molar-refractivity contribution >= 4 is 34.2 Å². The Morgan fingerprint density at radius 2 is 0.846 bits per heavy atom. The van der Waals surface area contributed by atoms with Gasteiger partial charge in [-0.3, -0.25) is 9.59 Å². The lowest BCUT2D eigenvalue weighted by Crippen LogP contribution is -2.58. The molecule has 3 aromatic carbocycles. The second-order valence-corrected chi connectivity index (χ2v) is 28.0. The van der Waals surface area contributed by atoms with Gasteiger partial charge in [-0.2, -0.15) is 0 Å². The zero-order valence-electron chi connectivity index (χ0n) is 44.3. The van der Waals surface area contributed by atoms with Gasteiger partial charge in [0.05, 0.1) is 22.3 Å². The van der Waals surface area contributed by atoms with E-state index in [1.165, 1.54) is 161 Å². The molecule has 6 nitrogen and oxygen atoms in total. The van der Waals surface area contributed by atoms with Crippen LogP contribution in [0.3, 0.4) is 0 Å². The first-order valence-electron chi connectivity index (χ1n) is 29.2. The van der Waals surface area contributed by atoms with Crippen LogP contribution in [-0.2, 0) is 26.1 Å². The van der Waals surface area contributed by atoms with E-state index >= 15 is 0 Å². The molecule has 12 bridgehead atoms. The van der Waals surface area contributed by atoms with Crippen LogP contribution in [0.2, 0.25) is 0 Å². The van der Waals surface area contributed by atoms with E-state index in [1.54, 1.807) is 13.2 Å². The second kappa shape index (κ2) is 23.9. The van der Waals surface area contributed by atoms with Crippen LogP contribution in [0.5, 0.6) is 0 Å². The third kappa shape index (κ3) is 12.5. The summed E-state index contributed by atoms with van der Waals surface area (Å²) in [6.07, 6.45) is 30.2. The lowest BCUT2D eigenvalue weighted by Gasteiger charge is -2.57. The van der Waals surface area contributed by atoms with E-state index in [4.69, 9.17) is 4.42 Å². The number of ketones is 2. The van der Waals surface area contributed by atoms with Gasteiger partial charge in [-0.25, -0.2) is 0 Å². The summed E-state index contributed by atoms with van der Waals surface area (Å²) >= 11 is 3.07. The summed E-state index contributed by atoms with van der Waals surface area (Å²) in [4.78, 5) is 25.7. The van der Waals surface area contributed by atoms with Crippen LogP contribution in [0.15, 0.2) is 125 Å². The van der Waals surface area contributed by atoms with Gasteiger partial charge in [0.2, 0.25) is 0 Å². The molecular formula is C70H91N3O3S2. The van der Waals surface area contributed by atoms with Crippen molar-refractivity contribution in [3.8, 4) is 22.3 Å². The summed E-state index contributed by atoms with van der Waals surface area (Å²) < 4.78 is 5.17. The smallest absolute Gasteiger partial charge is 0.177 e. The van der Waals surface area contributed by atoms with Gasteiger partial charge >= 0.3 is 0 Å². The zero-order chi connectivity index (χ0) is 50.6. The van der Waals surface area contributed by atoms with Gasteiger partial charge in [-0.05, 0) is 238 Å². The Kier molecular flexibility index (Phi) is 17.4. The van der Waals surface area contributed by atoms with E-state index in [0.717, 1.165) is 105 Å². The van der Waals surface area contributed by atoms with Gasteiger partial charge in [0.1, 0.15) is 0 Å². The average Bonchev–Trinajstić information content (AvgIpc) is 4.37. The Morgan fingerprint density at radius 1 is 0.462 bits per heavy atom. The molecule has 0 spiro atoms. The molecule has 0 aliphatic heterocycles. The van der Waals surface area contributed by atoms with Gasteiger partial charge in [0, 0.05) is 53.8 Å². The number of furan rings is 1. The predicted octanol–water partition coefficient (Wildman–Crippen LogP) is 17.8. The maximum absolute atomic E-state index is 12.2. The minimum absolute atomic E-state index is 0. The first kappa shape index (κ1) is 56.8. The van der Waals surface area contributed by atoms with Crippen molar-refractivity contribution in [2.75, 3.05) is 0 Å². The largest absolute Gasteiger partial charge is 0.472 e. The van der Waals surface area contributed by atoms with Crippen molar-refractivity contribution in [1.29, 1.82) is 0 Å². The second-order valence-electron chi connectivity index (χ2n) is 26.2. The highest BCUT2D eigenvalue weighted by Crippen LogP contribution is 2.58. The predicted molar refractivity (Wildman–Crippen MR) is 326 cm³/mol. The molecule has 0 unspecified atom stereocenters. The molecule has 78 heavy (non-hydrogen) atoms. The highest BCUT2D eigenvalue weighted by molar-refractivity contribution is 7.12. The summed E-state index contributed by atoms with van der Waals surface area (Å²) in [5.41, 5.74) is 11.1. The topological polar surface area (TPSA) is 83.4 Å². The third-order valence-electron chi connectivity index (χ3n) is 20.4. The first-order chi connectivity index (χ1) is 36.6. The van der Waals surface area contributed by atoms with Gasteiger partial charge in [-0.1, -0.05) is 101 Å². The molecule has 0 saturated heterocycles. The number of thiophene rings is 2. The highest BCUT2D eigenvalue weighted by Gasteiger charge is 2.53. The van der Waals surface area contributed by atoms with Crippen LogP contribution in [0, 0.1) is 53.3 Å². The molecule has 416 valence electrons. The summed E-state index contributed by atoms with van der Waals surface area (Å²) in [6.45, 7) is 4.60. The highest BCUT2D eigenvalue weighted by atomic mass is 32.1. The maximum atomic E-state index is 12.2. The summed E-state index contributed by atoms with van der Waals surface area (Å²) in [6, 6.07) is 34.3. The number of benzene rings is 3. The molecule has 12 saturated carbocycles. The number of hydrogen-bond donors (Lipinski definition) is 3. The zero-order valence-corrected chi connectivity index (χ0v) is 46.0. The lowest BCUT2D eigenvalue weighted by molar-refractivity contribution is -0.0207. The first-order valence-corrected chi connectivity index (χ1v) is 31.0. The van der Waals surface area contributed by atoms with E-state index in [0.29, 0.717) is 23.0 Å². The number of hydrogen-bond acceptors (Lipinski definition) is 8. The van der Waals surface area contributed by atoms with Gasteiger partial charge in [-0.15, -0.1) is 22.7 Å². The number of carbonyl (C=O) groups is 2.